The van der Waals surface area contributed by atoms with Crippen molar-refractivity contribution in [1.82, 2.24) is 15.1 Å². The molecule has 1 fully saturated rings. The second-order valence-corrected chi connectivity index (χ2v) is 4.45. The van der Waals surface area contributed by atoms with E-state index in [9.17, 15) is 22.8 Å². The van der Waals surface area contributed by atoms with Gasteiger partial charge in [-0.25, -0.2) is 0 Å². The largest absolute Gasteiger partial charge is 0.468 e. The van der Waals surface area contributed by atoms with E-state index in [0.29, 0.717) is 26.2 Å². The van der Waals surface area contributed by atoms with Gasteiger partial charge in [-0.15, -0.1) is 0 Å². The number of methoxy groups -OCH3 is 1. The first-order valence-electron chi connectivity index (χ1n) is 6.16. The van der Waals surface area contributed by atoms with E-state index in [2.05, 4.69) is 10.1 Å². The number of ether oxygens (including phenoxy) is 1. The van der Waals surface area contributed by atoms with E-state index >= 15 is 0 Å². The fourth-order valence-corrected chi connectivity index (χ4v) is 1.83. The maximum Gasteiger partial charge on any atom is 0.401 e. The van der Waals surface area contributed by atoms with Crippen molar-refractivity contribution in [1.29, 1.82) is 0 Å². The summed E-state index contributed by atoms with van der Waals surface area (Å²) in [7, 11) is 1.30. The molecule has 0 aromatic carbocycles. The third-order valence-electron chi connectivity index (χ3n) is 2.91. The Morgan fingerprint density at radius 1 is 1.20 bits per heavy atom. The van der Waals surface area contributed by atoms with Crippen LogP contribution in [0.25, 0.3) is 0 Å². The third-order valence-corrected chi connectivity index (χ3v) is 2.91. The Kier molecular flexibility index (Phi) is 6.21. The van der Waals surface area contributed by atoms with Crippen LogP contribution in [0.5, 0.6) is 0 Å². The fourth-order valence-electron chi connectivity index (χ4n) is 1.83. The predicted octanol–water partition coefficient (Wildman–Crippen LogP) is -0.544. The average Bonchev–Trinajstić information content (AvgIpc) is 2.37. The van der Waals surface area contributed by atoms with Crippen molar-refractivity contribution in [2.45, 2.75) is 6.18 Å². The molecule has 1 amide bonds. The number of halogens is 3. The van der Waals surface area contributed by atoms with Crippen LogP contribution in [0.15, 0.2) is 0 Å². The van der Waals surface area contributed by atoms with Crippen LogP contribution in [0.1, 0.15) is 0 Å². The van der Waals surface area contributed by atoms with E-state index < -0.39 is 12.7 Å². The predicted molar refractivity (Wildman–Crippen MR) is 64.0 cm³/mol. The SMILES string of the molecule is COC(=O)CN1CCN(C(=O)CNCC(F)(F)F)CC1. The average molecular weight is 297 g/mol. The normalized spacial score (nSPS) is 17.1. The first-order valence-corrected chi connectivity index (χ1v) is 6.16. The fraction of sp³-hybridized carbons (Fsp3) is 0.818. The molecular weight excluding hydrogens is 279 g/mol. The van der Waals surface area contributed by atoms with E-state index in [1.165, 1.54) is 12.0 Å². The zero-order chi connectivity index (χ0) is 15.2. The van der Waals surface area contributed by atoms with Crippen LogP contribution in [-0.4, -0.2) is 80.8 Å². The molecule has 1 aliphatic rings. The quantitative estimate of drug-likeness (QED) is 0.690. The van der Waals surface area contributed by atoms with Gasteiger partial charge in [0.05, 0.1) is 26.7 Å². The van der Waals surface area contributed by atoms with Gasteiger partial charge in [0.2, 0.25) is 5.91 Å². The van der Waals surface area contributed by atoms with Gasteiger partial charge in [-0.1, -0.05) is 0 Å². The Labute approximate surface area is 114 Å². The van der Waals surface area contributed by atoms with E-state index in [1.54, 1.807) is 0 Å². The van der Waals surface area contributed by atoms with Gasteiger partial charge < -0.3 is 15.0 Å². The van der Waals surface area contributed by atoms with Gasteiger partial charge in [-0.05, 0) is 0 Å². The van der Waals surface area contributed by atoms with Gasteiger partial charge in [0.1, 0.15) is 0 Å². The Bertz CT molecular complexity index is 342. The van der Waals surface area contributed by atoms with Crippen molar-refractivity contribution in [3.63, 3.8) is 0 Å². The summed E-state index contributed by atoms with van der Waals surface area (Å²) < 4.78 is 40.3. The van der Waals surface area contributed by atoms with E-state index in [-0.39, 0.29) is 25.0 Å². The molecule has 0 bridgehead atoms. The Morgan fingerprint density at radius 3 is 2.30 bits per heavy atom. The highest BCUT2D eigenvalue weighted by Crippen LogP contribution is 2.12. The number of hydrogen-bond acceptors (Lipinski definition) is 5. The van der Waals surface area contributed by atoms with Crippen LogP contribution in [-0.2, 0) is 14.3 Å². The summed E-state index contributed by atoms with van der Waals surface area (Å²) in [6.07, 6.45) is -4.32. The Hall–Kier alpha value is -1.35. The first-order chi connectivity index (χ1) is 9.31. The summed E-state index contributed by atoms with van der Waals surface area (Å²) in [4.78, 5) is 26.0. The summed E-state index contributed by atoms with van der Waals surface area (Å²) in [6.45, 7) is 0.426. The zero-order valence-corrected chi connectivity index (χ0v) is 11.2. The van der Waals surface area contributed by atoms with Crippen LogP contribution in [0.2, 0.25) is 0 Å². The van der Waals surface area contributed by atoms with Crippen molar-refractivity contribution >= 4 is 11.9 Å². The van der Waals surface area contributed by atoms with E-state index in [0.717, 1.165) is 0 Å². The smallest absolute Gasteiger partial charge is 0.401 e. The molecule has 0 radical (unpaired) electrons. The molecule has 1 rings (SSSR count). The van der Waals surface area contributed by atoms with Gasteiger partial charge in [-0.2, -0.15) is 13.2 Å². The number of alkyl halides is 3. The van der Waals surface area contributed by atoms with Crippen molar-refractivity contribution in [3.8, 4) is 0 Å². The molecule has 0 aromatic heterocycles. The lowest BCUT2D eigenvalue weighted by atomic mass is 10.3. The topological polar surface area (TPSA) is 61.9 Å². The molecule has 0 aromatic rings. The highest BCUT2D eigenvalue weighted by molar-refractivity contribution is 5.78. The van der Waals surface area contributed by atoms with Crippen LogP contribution in [0.3, 0.4) is 0 Å². The van der Waals surface area contributed by atoms with Gasteiger partial charge in [0.25, 0.3) is 0 Å². The molecule has 116 valence electrons. The van der Waals surface area contributed by atoms with E-state index in [1.807, 2.05) is 4.90 Å². The molecule has 0 saturated carbocycles. The number of carbonyl (C=O) groups is 2. The van der Waals surface area contributed by atoms with Crippen LogP contribution in [0, 0.1) is 0 Å². The first kappa shape index (κ1) is 16.7. The second kappa shape index (κ2) is 7.44. The lowest BCUT2D eigenvalue weighted by molar-refractivity contribution is -0.142. The van der Waals surface area contributed by atoms with Crippen LogP contribution in [0.4, 0.5) is 13.2 Å². The molecule has 9 heteroatoms. The van der Waals surface area contributed by atoms with Crippen LogP contribution >= 0.6 is 0 Å². The molecule has 0 unspecified atom stereocenters. The molecular formula is C11H18F3N3O3. The van der Waals surface area contributed by atoms with Gasteiger partial charge >= 0.3 is 12.1 Å². The van der Waals surface area contributed by atoms with Gasteiger partial charge in [0.15, 0.2) is 0 Å². The number of hydrogen-bond donors (Lipinski definition) is 1. The molecule has 6 nitrogen and oxygen atoms in total. The lowest BCUT2D eigenvalue weighted by Gasteiger charge is -2.34. The number of rotatable bonds is 5. The number of piperazine rings is 1. The van der Waals surface area contributed by atoms with Crippen molar-refractivity contribution < 1.29 is 27.5 Å². The van der Waals surface area contributed by atoms with Gasteiger partial charge in [0, 0.05) is 26.2 Å². The summed E-state index contributed by atoms with van der Waals surface area (Å²) in [5.41, 5.74) is 0. The minimum absolute atomic E-state index is 0.158. The minimum atomic E-state index is -4.32. The van der Waals surface area contributed by atoms with E-state index in [4.69, 9.17) is 0 Å². The van der Waals surface area contributed by atoms with Crippen molar-refractivity contribution in [2.24, 2.45) is 0 Å². The zero-order valence-electron chi connectivity index (χ0n) is 11.2. The molecule has 0 spiro atoms. The monoisotopic (exact) mass is 297 g/mol. The molecule has 0 atom stereocenters. The maximum absolute atomic E-state index is 11.9. The highest BCUT2D eigenvalue weighted by Gasteiger charge is 2.27. The highest BCUT2D eigenvalue weighted by atomic mass is 19.4. The van der Waals surface area contributed by atoms with Gasteiger partial charge in [-0.3, -0.25) is 14.5 Å². The number of nitrogens with zero attached hydrogens (tertiary/aromatic N) is 2. The summed E-state index contributed by atoms with van der Waals surface area (Å²) in [5.74, 6) is -0.719. The van der Waals surface area contributed by atoms with Crippen molar-refractivity contribution in [3.05, 3.63) is 0 Å². The number of carbonyl (C=O) groups excluding carboxylic acids is 2. The molecule has 20 heavy (non-hydrogen) atoms. The number of nitrogens with one attached hydrogen (secondary N) is 1. The summed E-state index contributed by atoms with van der Waals surface area (Å²) in [5, 5.41) is 2.07. The lowest BCUT2D eigenvalue weighted by Crippen LogP contribution is -2.52. The summed E-state index contributed by atoms with van der Waals surface area (Å²) in [6, 6.07) is 0. The molecule has 1 aliphatic heterocycles. The number of amides is 1. The molecule has 1 saturated heterocycles. The Morgan fingerprint density at radius 2 is 1.80 bits per heavy atom. The second-order valence-electron chi connectivity index (χ2n) is 4.45. The van der Waals surface area contributed by atoms with Crippen LogP contribution < -0.4 is 5.32 Å². The number of esters is 1. The molecule has 1 heterocycles. The molecule has 0 aliphatic carbocycles. The Balaban J connectivity index is 2.23. The third kappa shape index (κ3) is 6.20. The molecule has 1 N–H and O–H groups in total. The van der Waals surface area contributed by atoms with Crippen molar-refractivity contribution in [2.75, 3.05) is 52.9 Å². The summed E-state index contributed by atoms with van der Waals surface area (Å²) >= 11 is 0. The minimum Gasteiger partial charge on any atom is -0.468 e. The maximum atomic E-state index is 11.9. The standard InChI is InChI=1S/C11H18F3N3O3/c1-20-10(19)7-16-2-4-17(5-3-16)9(18)6-15-8-11(12,13)14/h15H,2-8H2,1H3.